The lowest BCUT2D eigenvalue weighted by molar-refractivity contribution is 0.249. The molecule has 0 radical (unpaired) electrons. The maximum atomic E-state index is 13.2. The predicted octanol–water partition coefficient (Wildman–Crippen LogP) is 3.56. The third-order valence-corrected chi connectivity index (χ3v) is 3.20. The van der Waals surface area contributed by atoms with Gasteiger partial charge in [-0.3, -0.25) is 0 Å². The largest absolute Gasteiger partial charge is 0.493 e. The van der Waals surface area contributed by atoms with Gasteiger partial charge < -0.3 is 14.6 Å². The van der Waals surface area contributed by atoms with Gasteiger partial charge in [0.2, 0.25) is 0 Å². The summed E-state index contributed by atoms with van der Waals surface area (Å²) in [6.45, 7) is -0.0899. The maximum absolute atomic E-state index is 13.2. The monoisotopic (exact) mass is 296 g/mol. The molecule has 106 valence electrons. The van der Waals surface area contributed by atoms with Crippen LogP contribution in [0.1, 0.15) is 11.1 Å². The van der Waals surface area contributed by atoms with Crippen LogP contribution in [0.2, 0.25) is 5.02 Å². The van der Waals surface area contributed by atoms with Crippen LogP contribution in [0.4, 0.5) is 4.39 Å². The molecule has 3 nitrogen and oxygen atoms in total. The van der Waals surface area contributed by atoms with E-state index in [1.165, 1.54) is 25.3 Å². The first kappa shape index (κ1) is 14.6. The molecule has 2 rings (SSSR count). The molecule has 0 bridgehead atoms. The summed E-state index contributed by atoms with van der Waals surface area (Å²) in [5.41, 5.74) is 1.12. The van der Waals surface area contributed by atoms with E-state index in [1.807, 2.05) is 0 Å². The number of aliphatic hydroxyl groups excluding tert-OH is 1. The van der Waals surface area contributed by atoms with Crippen molar-refractivity contribution in [2.45, 2.75) is 13.2 Å². The summed E-state index contributed by atoms with van der Waals surface area (Å²) in [5.74, 6) is 0.553. The minimum atomic E-state index is -0.379. The highest BCUT2D eigenvalue weighted by Gasteiger charge is 2.11. The molecule has 0 amide bonds. The van der Waals surface area contributed by atoms with Gasteiger partial charge >= 0.3 is 0 Å². The SMILES string of the molecule is COc1cccc(CO)c1OCc1cc(F)ccc1Cl. The standard InChI is InChI=1S/C15H14ClFO3/c1-19-14-4-2-3-10(8-18)15(14)20-9-11-7-12(17)5-6-13(11)16/h2-7,18H,8-9H2,1H3. The van der Waals surface area contributed by atoms with E-state index in [9.17, 15) is 9.50 Å². The highest BCUT2D eigenvalue weighted by Crippen LogP contribution is 2.32. The molecule has 5 heteroatoms. The number of aliphatic hydroxyl groups is 1. The van der Waals surface area contributed by atoms with Crippen LogP contribution in [0.15, 0.2) is 36.4 Å². The normalized spacial score (nSPS) is 10.4. The molecule has 0 fully saturated rings. The van der Waals surface area contributed by atoms with Crippen LogP contribution in [-0.4, -0.2) is 12.2 Å². The summed E-state index contributed by atoms with van der Waals surface area (Å²) in [4.78, 5) is 0. The van der Waals surface area contributed by atoms with E-state index in [0.29, 0.717) is 27.6 Å². The molecule has 0 unspecified atom stereocenters. The second-order valence-electron chi connectivity index (χ2n) is 4.13. The number of methoxy groups -OCH3 is 1. The van der Waals surface area contributed by atoms with Gasteiger partial charge in [0, 0.05) is 16.1 Å². The van der Waals surface area contributed by atoms with Crippen molar-refractivity contribution in [3.8, 4) is 11.5 Å². The van der Waals surface area contributed by atoms with Crippen LogP contribution < -0.4 is 9.47 Å². The average molecular weight is 297 g/mol. The second-order valence-corrected chi connectivity index (χ2v) is 4.54. The van der Waals surface area contributed by atoms with Crippen molar-refractivity contribution < 1.29 is 19.0 Å². The highest BCUT2D eigenvalue weighted by atomic mass is 35.5. The van der Waals surface area contributed by atoms with Crippen LogP contribution in [0.25, 0.3) is 0 Å². The minimum absolute atomic E-state index is 0.0873. The van der Waals surface area contributed by atoms with Crippen LogP contribution in [-0.2, 0) is 13.2 Å². The zero-order chi connectivity index (χ0) is 14.5. The lowest BCUT2D eigenvalue weighted by Crippen LogP contribution is -2.02. The molecule has 2 aromatic rings. The van der Waals surface area contributed by atoms with Gasteiger partial charge in [-0.25, -0.2) is 4.39 Å². The number of ether oxygens (including phenoxy) is 2. The van der Waals surface area contributed by atoms with E-state index in [4.69, 9.17) is 21.1 Å². The Morgan fingerprint density at radius 3 is 2.70 bits per heavy atom. The maximum Gasteiger partial charge on any atom is 0.167 e. The molecule has 2 aromatic carbocycles. The van der Waals surface area contributed by atoms with Crippen molar-refractivity contribution >= 4 is 11.6 Å². The number of rotatable bonds is 5. The fraction of sp³-hybridized carbons (Fsp3) is 0.200. The van der Waals surface area contributed by atoms with Gasteiger partial charge in [-0.15, -0.1) is 0 Å². The van der Waals surface area contributed by atoms with Crippen LogP contribution in [0.3, 0.4) is 0 Å². The molecule has 0 aliphatic carbocycles. The Labute approximate surface area is 121 Å². The molecule has 20 heavy (non-hydrogen) atoms. The number of benzene rings is 2. The van der Waals surface area contributed by atoms with E-state index >= 15 is 0 Å². The Bertz CT molecular complexity index is 579. The summed E-state index contributed by atoms with van der Waals surface area (Å²) >= 11 is 5.98. The van der Waals surface area contributed by atoms with Crippen molar-refractivity contribution in [2.75, 3.05) is 7.11 Å². The molecule has 0 heterocycles. The zero-order valence-electron chi connectivity index (χ0n) is 10.9. The molecule has 0 aliphatic rings. The van der Waals surface area contributed by atoms with Gasteiger partial charge in [-0.05, 0) is 24.3 Å². The van der Waals surface area contributed by atoms with Crippen molar-refractivity contribution in [1.29, 1.82) is 0 Å². The average Bonchev–Trinajstić information content (AvgIpc) is 2.47. The second kappa shape index (κ2) is 6.59. The van der Waals surface area contributed by atoms with Crippen molar-refractivity contribution in [3.63, 3.8) is 0 Å². The Hall–Kier alpha value is -1.78. The fourth-order valence-electron chi connectivity index (χ4n) is 1.81. The van der Waals surface area contributed by atoms with Crippen molar-refractivity contribution in [3.05, 3.63) is 58.4 Å². The highest BCUT2D eigenvalue weighted by molar-refractivity contribution is 6.31. The van der Waals surface area contributed by atoms with Gasteiger partial charge in [-0.1, -0.05) is 23.7 Å². The molecule has 0 aliphatic heterocycles. The molecule has 1 N–H and O–H groups in total. The van der Waals surface area contributed by atoms with Crippen LogP contribution in [0.5, 0.6) is 11.5 Å². The fourth-order valence-corrected chi connectivity index (χ4v) is 1.99. The van der Waals surface area contributed by atoms with Gasteiger partial charge in [0.15, 0.2) is 11.5 Å². The molecule has 0 atom stereocenters. The number of hydrogen-bond acceptors (Lipinski definition) is 3. The summed E-state index contributed by atoms with van der Waals surface area (Å²) < 4.78 is 24.0. The Morgan fingerprint density at radius 2 is 2.00 bits per heavy atom. The van der Waals surface area contributed by atoms with E-state index in [1.54, 1.807) is 18.2 Å². The lowest BCUT2D eigenvalue weighted by Gasteiger charge is -2.14. The molecule has 0 saturated carbocycles. The van der Waals surface area contributed by atoms with Gasteiger partial charge in [-0.2, -0.15) is 0 Å². The molecule has 0 saturated heterocycles. The smallest absolute Gasteiger partial charge is 0.167 e. The third-order valence-electron chi connectivity index (χ3n) is 2.83. The van der Waals surface area contributed by atoms with Gasteiger partial charge in [0.05, 0.1) is 13.7 Å². The summed E-state index contributed by atoms with van der Waals surface area (Å²) in [5, 5.41) is 9.74. The van der Waals surface area contributed by atoms with E-state index in [0.717, 1.165) is 0 Å². The van der Waals surface area contributed by atoms with Gasteiger partial charge in [0.25, 0.3) is 0 Å². The summed E-state index contributed by atoms with van der Waals surface area (Å²) in [7, 11) is 1.51. The first-order valence-electron chi connectivity index (χ1n) is 5.99. The number of hydrogen-bond donors (Lipinski definition) is 1. The summed E-state index contributed by atoms with van der Waals surface area (Å²) in [6.07, 6.45) is 0. The quantitative estimate of drug-likeness (QED) is 0.917. The Balaban J connectivity index is 2.24. The first-order chi connectivity index (χ1) is 9.65. The Kier molecular flexibility index (Phi) is 4.82. The molecule has 0 spiro atoms. The first-order valence-corrected chi connectivity index (χ1v) is 6.37. The van der Waals surface area contributed by atoms with E-state index in [-0.39, 0.29) is 19.0 Å². The van der Waals surface area contributed by atoms with Crippen LogP contribution in [0, 0.1) is 5.82 Å². The molecular formula is C15H14ClFO3. The van der Waals surface area contributed by atoms with Crippen LogP contribution >= 0.6 is 11.6 Å². The molecule has 0 aromatic heterocycles. The zero-order valence-corrected chi connectivity index (χ0v) is 11.7. The lowest BCUT2D eigenvalue weighted by atomic mass is 10.2. The number of para-hydroxylation sites is 1. The van der Waals surface area contributed by atoms with Crippen molar-refractivity contribution in [1.82, 2.24) is 0 Å². The van der Waals surface area contributed by atoms with Crippen molar-refractivity contribution in [2.24, 2.45) is 0 Å². The number of halogens is 2. The van der Waals surface area contributed by atoms with E-state index < -0.39 is 0 Å². The third kappa shape index (κ3) is 3.21. The summed E-state index contributed by atoms with van der Waals surface area (Å²) in [6, 6.07) is 9.29. The minimum Gasteiger partial charge on any atom is -0.493 e. The van der Waals surface area contributed by atoms with Gasteiger partial charge in [0.1, 0.15) is 12.4 Å². The molecular weight excluding hydrogens is 283 g/mol. The van der Waals surface area contributed by atoms with E-state index in [2.05, 4.69) is 0 Å². The Morgan fingerprint density at radius 1 is 1.20 bits per heavy atom. The topological polar surface area (TPSA) is 38.7 Å². The predicted molar refractivity (Wildman–Crippen MR) is 74.7 cm³/mol.